The summed E-state index contributed by atoms with van der Waals surface area (Å²) in [6, 6.07) is 71.7. The van der Waals surface area contributed by atoms with Crippen molar-refractivity contribution in [3.05, 3.63) is 324 Å². The number of fused-ring (bicyclic) bond motifs is 3. The average molecular weight is 1380 g/mol. The van der Waals surface area contributed by atoms with Crippen LogP contribution >= 0.6 is 0 Å². The maximum atomic E-state index is 12.9. The summed E-state index contributed by atoms with van der Waals surface area (Å²) in [5, 5.41) is 21.4. The highest BCUT2D eigenvalue weighted by atomic mass is 16.5. The molecule has 0 saturated carbocycles. The molecular formula is C86H91N7O10. The Bertz CT molecular complexity index is 4390. The number of nitrogens with one attached hydrogen (secondary N) is 2. The summed E-state index contributed by atoms with van der Waals surface area (Å²) >= 11 is 0. The maximum Gasteiger partial charge on any atom is 0.338 e. The van der Waals surface area contributed by atoms with E-state index in [0.29, 0.717) is 35.2 Å². The van der Waals surface area contributed by atoms with E-state index in [1.54, 1.807) is 128 Å². The molecular weight excluding hydrogens is 1290 g/mol. The monoisotopic (exact) mass is 1380 g/mol. The minimum absolute atomic E-state index is 0.0517. The molecule has 12 aromatic rings. The molecule has 0 fully saturated rings. The van der Waals surface area contributed by atoms with E-state index < -0.39 is 17.8 Å². The van der Waals surface area contributed by atoms with Gasteiger partial charge < -0.3 is 41.4 Å². The number of esters is 3. The quantitative estimate of drug-likeness (QED) is 0.0270. The van der Waals surface area contributed by atoms with Crippen LogP contribution in [0, 0.1) is 0 Å². The molecule has 0 bridgehead atoms. The largest absolute Gasteiger partial charge is 0.481 e. The molecule has 17 heteroatoms. The number of nitrogens with two attached hydrogens (primary N) is 2. The summed E-state index contributed by atoms with van der Waals surface area (Å²) < 4.78 is 16.0. The zero-order valence-corrected chi connectivity index (χ0v) is 59.6. The van der Waals surface area contributed by atoms with Gasteiger partial charge in [-0.3, -0.25) is 29.3 Å². The van der Waals surface area contributed by atoms with Gasteiger partial charge in [0.2, 0.25) is 11.8 Å². The lowest BCUT2D eigenvalue weighted by atomic mass is 9.94. The molecule has 0 aliphatic carbocycles. The van der Waals surface area contributed by atoms with Crippen LogP contribution in [-0.4, -0.2) is 62.3 Å². The molecule has 0 aliphatic heterocycles. The lowest BCUT2D eigenvalue weighted by molar-refractivity contribution is -0.138. The zero-order chi connectivity index (χ0) is 74.3. The van der Waals surface area contributed by atoms with E-state index in [1.807, 2.05) is 201 Å². The van der Waals surface area contributed by atoms with Crippen molar-refractivity contribution >= 4 is 85.1 Å². The van der Waals surface area contributed by atoms with Gasteiger partial charge >= 0.3 is 23.9 Å². The first-order chi connectivity index (χ1) is 50.2. The Morgan fingerprint density at radius 3 is 1.02 bits per heavy atom. The fourth-order valence-electron chi connectivity index (χ4n) is 10.4. The highest BCUT2D eigenvalue weighted by Gasteiger charge is 2.22. The Hall–Kier alpha value is -12.2. The van der Waals surface area contributed by atoms with Gasteiger partial charge in [0.1, 0.15) is 19.8 Å². The lowest BCUT2D eigenvalue weighted by Crippen LogP contribution is -2.27. The lowest BCUT2D eigenvalue weighted by Gasteiger charge is -2.16. The van der Waals surface area contributed by atoms with Crippen LogP contribution in [0.4, 0.5) is 17.1 Å². The predicted octanol–water partition coefficient (Wildman–Crippen LogP) is 18.5. The van der Waals surface area contributed by atoms with Crippen LogP contribution in [0.2, 0.25) is 0 Å². The number of aliphatic carboxylic acids is 1. The summed E-state index contributed by atoms with van der Waals surface area (Å²) in [4.78, 5) is 85.2. The second-order valence-electron chi connectivity index (χ2n) is 22.4. The van der Waals surface area contributed by atoms with Crippen molar-refractivity contribution in [3.63, 3.8) is 0 Å². The van der Waals surface area contributed by atoms with Gasteiger partial charge in [-0.25, -0.2) is 14.4 Å². The van der Waals surface area contributed by atoms with E-state index in [4.69, 9.17) is 30.8 Å². The number of nitrogens with zero attached hydrogens (tertiary/aromatic N) is 3. The van der Waals surface area contributed by atoms with Crippen LogP contribution in [-0.2, 0) is 48.4 Å². The van der Waals surface area contributed by atoms with Crippen molar-refractivity contribution in [2.75, 3.05) is 22.9 Å². The first kappa shape index (κ1) is 79.8. The van der Waals surface area contributed by atoms with Gasteiger partial charge in [0.05, 0.1) is 34.4 Å². The molecule has 0 unspecified atom stereocenters. The van der Waals surface area contributed by atoms with Gasteiger partial charge in [0, 0.05) is 76.9 Å². The molecule has 103 heavy (non-hydrogen) atoms. The average Bonchev–Trinajstić information content (AvgIpc) is 0.844. The first-order valence-corrected chi connectivity index (χ1v) is 34.5. The smallest absolute Gasteiger partial charge is 0.338 e. The molecule has 0 saturated heterocycles. The third kappa shape index (κ3) is 24.9. The molecule has 12 rings (SSSR count). The van der Waals surface area contributed by atoms with Crippen LogP contribution in [0.5, 0.6) is 0 Å². The number of nitrogen functional groups attached to an aromatic ring is 1. The maximum absolute atomic E-state index is 12.9. The highest BCUT2D eigenvalue weighted by molar-refractivity contribution is 5.99. The SMILES string of the molecule is CC.CC.CC.CC[C@@H](C(=O)Nc1ccc2cnccc2c1)c1ccc(COC(=O)c2ccccc2)cc1.CC[C@@H](C(=O)O)c1ccc(COC(=O)c2ccccc2)cc1.NC[C@@H](C(=O)Nc1ccc2cnccc2c1)c1ccc(COC(=O)c2ccccc2)cc1.Nc1ccc2cnccc2c1. The number of benzene rings is 9. The Morgan fingerprint density at radius 2 is 0.689 bits per heavy atom. The van der Waals surface area contributed by atoms with E-state index in [0.717, 1.165) is 77.1 Å². The van der Waals surface area contributed by atoms with E-state index in [1.165, 1.54) is 0 Å². The van der Waals surface area contributed by atoms with E-state index >= 15 is 0 Å². The Labute approximate surface area is 603 Å². The van der Waals surface area contributed by atoms with Gasteiger partial charge in [-0.2, -0.15) is 0 Å². The Balaban J connectivity index is 0.000000221. The molecule has 0 radical (unpaired) electrons. The van der Waals surface area contributed by atoms with E-state index in [9.17, 15) is 28.8 Å². The minimum atomic E-state index is -0.828. The number of carboxylic acids is 1. The molecule has 2 amide bonds. The van der Waals surface area contributed by atoms with Crippen molar-refractivity contribution in [3.8, 4) is 0 Å². The fraction of sp³-hybridized carbons (Fsp3) is 0.198. The van der Waals surface area contributed by atoms with Gasteiger partial charge in [-0.05, 0) is 153 Å². The summed E-state index contributed by atoms with van der Waals surface area (Å²) in [5.41, 5.74) is 20.3. The van der Waals surface area contributed by atoms with Crippen molar-refractivity contribution in [1.29, 1.82) is 0 Å². The van der Waals surface area contributed by atoms with Crippen molar-refractivity contribution in [1.82, 2.24) is 15.0 Å². The Morgan fingerprint density at radius 1 is 0.379 bits per heavy atom. The molecule has 3 aromatic heterocycles. The van der Waals surface area contributed by atoms with Crippen LogP contribution < -0.4 is 22.1 Å². The third-order valence-corrected chi connectivity index (χ3v) is 15.7. The molecule has 7 N–H and O–H groups in total. The second kappa shape index (κ2) is 43.3. The summed E-state index contributed by atoms with van der Waals surface area (Å²) in [6.45, 7) is 16.5. The number of carbonyl (C=O) groups excluding carboxylic acids is 5. The summed E-state index contributed by atoms with van der Waals surface area (Å²) in [6.07, 6.45) is 11.8. The number of carbonyl (C=O) groups is 6. The predicted molar refractivity (Wildman–Crippen MR) is 412 cm³/mol. The zero-order valence-electron chi connectivity index (χ0n) is 59.6. The van der Waals surface area contributed by atoms with Crippen LogP contribution in [0.1, 0.15) is 150 Å². The number of amides is 2. The van der Waals surface area contributed by atoms with Crippen LogP contribution in [0.15, 0.2) is 274 Å². The molecule has 3 heterocycles. The molecule has 3 atom stereocenters. The molecule has 0 spiro atoms. The van der Waals surface area contributed by atoms with Crippen LogP contribution in [0.3, 0.4) is 0 Å². The number of rotatable bonds is 20. The number of hydrogen-bond donors (Lipinski definition) is 5. The highest BCUT2D eigenvalue weighted by Crippen LogP contribution is 2.27. The number of aromatic nitrogens is 3. The number of ether oxygens (including phenoxy) is 3. The molecule has 0 aliphatic rings. The normalized spacial score (nSPS) is 11.0. The number of anilines is 3. The minimum Gasteiger partial charge on any atom is -0.481 e. The number of hydrogen-bond acceptors (Lipinski definition) is 14. The topological polar surface area (TPSA) is 265 Å². The number of carboxylic acid groups (broad SMARTS) is 1. The van der Waals surface area contributed by atoms with Crippen molar-refractivity contribution in [2.24, 2.45) is 5.73 Å². The first-order valence-electron chi connectivity index (χ1n) is 34.5. The fourth-order valence-corrected chi connectivity index (χ4v) is 10.4. The van der Waals surface area contributed by atoms with E-state index in [2.05, 4.69) is 25.6 Å². The standard InChI is InChI=1S/C27H24N2O3.C26H23N3O3.C18H18O4.C9H8N2.3C2H6/c1-2-25(26(30)29-24-13-12-23-17-28-15-14-22(23)16-24)20-10-8-19(9-11-20)18-32-27(31)21-6-4-3-5-7-21;27-15-24(25(30)29-23-11-10-22-16-28-13-12-21(22)14-23)19-8-6-18(7-9-19)17-32-26(31)20-4-2-1-3-5-20;1-2-16(17(19)20)14-10-8-13(9-11-14)12-22-18(21)15-6-4-3-5-7-15;10-9-2-1-8-6-11-4-3-7(8)5-9;3*1-2/h3-17,25H,2,18H2,1H3,(H,29,30);1-14,16,24H,15,17,27H2,(H,29,30);3-11,16H,2,12H2,1H3,(H,19,20);1-6H,10H2;3*1-2H3/t25-;24-;16-;;;;/m111..../s1. The van der Waals surface area contributed by atoms with Gasteiger partial charge in [-0.15, -0.1) is 0 Å². The molecule has 530 valence electrons. The second-order valence-corrected chi connectivity index (χ2v) is 22.4. The van der Waals surface area contributed by atoms with Gasteiger partial charge in [-0.1, -0.05) is 201 Å². The number of pyridine rings is 3. The van der Waals surface area contributed by atoms with Crippen molar-refractivity contribution in [2.45, 2.75) is 106 Å². The van der Waals surface area contributed by atoms with Crippen LogP contribution in [0.25, 0.3) is 32.3 Å². The Kier molecular flexibility index (Phi) is 33.6. The third-order valence-electron chi connectivity index (χ3n) is 15.7. The van der Waals surface area contributed by atoms with E-state index in [-0.39, 0.29) is 62.0 Å². The summed E-state index contributed by atoms with van der Waals surface area (Å²) in [7, 11) is 0. The van der Waals surface area contributed by atoms with Gasteiger partial charge in [0.15, 0.2) is 0 Å². The molecule has 9 aromatic carbocycles. The molecule has 17 nitrogen and oxygen atoms in total. The van der Waals surface area contributed by atoms with Crippen molar-refractivity contribution < 1.29 is 48.1 Å². The van der Waals surface area contributed by atoms with Gasteiger partial charge in [0.25, 0.3) is 0 Å². The summed E-state index contributed by atoms with van der Waals surface area (Å²) in [5.74, 6) is -3.43.